The highest BCUT2D eigenvalue weighted by Gasteiger charge is 2.21. The number of rotatable bonds is 7. The standard InChI is InChI=1S/C19H18N6O2S/c1-3-26-16-12-8-7-11-15(16)25-19(21-23-24-25)28-13(2)18-20-17(22-27-18)14-9-5-4-6-10-14/h4-13H,3H2,1-2H3. The van der Waals surface area contributed by atoms with E-state index in [2.05, 4.69) is 25.7 Å². The highest BCUT2D eigenvalue weighted by atomic mass is 32.2. The first-order valence-corrected chi connectivity index (χ1v) is 9.70. The van der Waals surface area contributed by atoms with Crippen molar-refractivity contribution in [2.75, 3.05) is 6.61 Å². The summed E-state index contributed by atoms with van der Waals surface area (Å²) >= 11 is 1.44. The second kappa shape index (κ2) is 8.22. The molecule has 0 N–H and O–H groups in total. The van der Waals surface area contributed by atoms with Crippen LogP contribution in [0.25, 0.3) is 17.1 Å². The SMILES string of the molecule is CCOc1ccccc1-n1nnnc1SC(C)c1nc(-c2ccccc2)no1. The maximum Gasteiger partial charge on any atom is 0.240 e. The average molecular weight is 394 g/mol. The first kappa shape index (κ1) is 18.2. The Kier molecular flexibility index (Phi) is 5.34. The van der Waals surface area contributed by atoms with Crippen LogP contribution in [0.15, 0.2) is 64.3 Å². The summed E-state index contributed by atoms with van der Waals surface area (Å²) in [6.45, 7) is 4.47. The Morgan fingerprint density at radius 3 is 2.71 bits per heavy atom. The number of ether oxygens (including phenoxy) is 1. The average Bonchev–Trinajstić information content (AvgIpc) is 3.39. The first-order valence-electron chi connectivity index (χ1n) is 8.82. The van der Waals surface area contributed by atoms with Crippen molar-refractivity contribution in [1.82, 2.24) is 30.3 Å². The third-order valence-corrected chi connectivity index (χ3v) is 4.96. The van der Waals surface area contributed by atoms with E-state index >= 15 is 0 Å². The molecular formula is C19H18N6O2S. The Bertz CT molecular complexity index is 1050. The van der Waals surface area contributed by atoms with E-state index in [9.17, 15) is 0 Å². The van der Waals surface area contributed by atoms with Crippen LogP contribution < -0.4 is 4.74 Å². The van der Waals surface area contributed by atoms with E-state index in [1.165, 1.54) is 11.8 Å². The van der Waals surface area contributed by atoms with Crippen LogP contribution in [0, 0.1) is 0 Å². The topological polar surface area (TPSA) is 91.8 Å². The van der Waals surface area contributed by atoms with Gasteiger partial charge in [-0.25, -0.2) is 0 Å². The molecule has 28 heavy (non-hydrogen) atoms. The number of nitrogens with zero attached hydrogens (tertiary/aromatic N) is 6. The molecule has 2 aromatic heterocycles. The fraction of sp³-hybridized carbons (Fsp3) is 0.211. The molecule has 1 atom stereocenters. The highest BCUT2D eigenvalue weighted by molar-refractivity contribution is 7.99. The summed E-state index contributed by atoms with van der Waals surface area (Å²) in [6, 6.07) is 17.3. The molecular weight excluding hydrogens is 376 g/mol. The van der Waals surface area contributed by atoms with E-state index in [0.717, 1.165) is 17.0 Å². The van der Waals surface area contributed by atoms with Gasteiger partial charge in [-0.15, -0.1) is 5.10 Å². The summed E-state index contributed by atoms with van der Waals surface area (Å²) in [4.78, 5) is 4.51. The second-order valence-electron chi connectivity index (χ2n) is 5.86. The van der Waals surface area contributed by atoms with Gasteiger partial charge in [0.15, 0.2) is 0 Å². The fourth-order valence-electron chi connectivity index (χ4n) is 2.63. The molecule has 4 rings (SSSR count). The maximum atomic E-state index is 5.69. The van der Waals surface area contributed by atoms with E-state index in [1.54, 1.807) is 4.68 Å². The van der Waals surface area contributed by atoms with Gasteiger partial charge in [-0.2, -0.15) is 9.67 Å². The number of benzene rings is 2. The zero-order valence-electron chi connectivity index (χ0n) is 15.4. The summed E-state index contributed by atoms with van der Waals surface area (Å²) < 4.78 is 12.8. The van der Waals surface area contributed by atoms with Crippen LogP contribution in [0.1, 0.15) is 25.0 Å². The molecule has 142 valence electrons. The summed E-state index contributed by atoms with van der Waals surface area (Å²) in [5.41, 5.74) is 1.68. The lowest BCUT2D eigenvalue weighted by atomic mass is 10.2. The Morgan fingerprint density at radius 1 is 1.11 bits per heavy atom. The van der Waals surface area contributed by atoms with Crippen LogP contribution in [-0.2, 0) is 0 Å². The Morgan fingerprint density at radius 2 is 1.89 bits per heavy atom. The third-order valence-electron chi connectivity index (χ3n) is 3.94. The molecule has 0 aliphatic carbocycles. The molecule has 0 bridgehead atoms. The van der Waals surface area contributed by atoms with E-state index in [4.69, 9.17) is 9.26 Å². The molecule has 0 amide bonds. The third kappa shape index (κ3) is 3.74. The zero-order valence-corrected chi connectivity index (χ0v) is 16.2. The number of tetrazole rings is 1. The molecule has 8 nitrogen and oxygen atoms in total. The lowest BCUT2D eigenvalue weighted by molar-refractivity contribution is 0.337. The van der Waals surface area contributed by atoms with Crippen LogP contribution in [0.4, 0.5) is 0 Å². The molecule has 9 heteroatoms. The number of hydrogen-bond donors (Lipinski definition) is 0. The Labute approximate surface area is 165 Å². The van der Waals surface area contributed by atoms with Crippen molar-refractivity contribution < 1.29 is 9.26 Å². The van der Waals surface area contributed by atoms with Gasteiger partial charge >= 0.3 is 0 Å². The van der Waals surface area contributed by atoms with Gasteiger partial charge in [0.2, 0.25) is 16.9 Å². The monoisotopic (exact) mass is 394 g/mol. The zero-order chi connectivity index (χ0) is 19.3. The van der Waals surface area contributed by atoms with Crippen molar-refractivity contribution in [1.29, 1.82) is 0 Å². The van der Waals surface area contributed by atoms with Gasteiger partial charge in [0.05, 0.1) is 11.9 Å². The van der Waals surface area contributed by atoms with Gasteiger partial charge in [0, 0.05) is 5.56 Å². The minimum atomic E-state index is -0.131. The van der Waals surface area contributed by atoms with Crippen LogP contribution >= 0.6 is 11.8 Å². The minimum absolute atomic E-state index is 0.131. The van der Waals surface area contributed by atoms with Gasteiger partial charge in [-0.05, 0) is 36.4 Å². The van der Waals surface area contributed by atoms with Gasteiger partial charge in [0.25, 0.3) is 0 Å². The van der Waals surface area contributed by atoms with E-state index < -0.39 is 0 Å². The fourth-order valence-corrected chi connectivity index (χ4v) is 3.46. The Hall–Kier alpha value is -3.20. The molecule has 0 aliphatic heterocycles. The summed E-state index contributed by atoms with van der Waals surface area (Å²) in [5.74, 6) is 1.79. The maximum absolute atomic E-state index is 5.69. The van der Waals surface area contributed by atoms with Gasteiger partial charge < -0.3 is 9.26 Å². The second-order valence-corrected chi connectivity index (χ2v) is 7.16. The summed E-state index contributed by atoms with van der Waals surface area (Å²) in [6.07, 6.45) is 0. The van der Waals surface area contributed by atoms with Crippen molar-refractivity contribution in [3.05, 3.63) is 60.5 Å². The first-order chi connectivity index (χ1) is 13.8. The van der Waals surface area contributed by atoms with E-state index in [0.29, 0.717) is 23.5 Å². The van der Waals surface area contributed by atoms with Crippen LogP contribution in [0.2, 0.25) is 0 Å². The molecule has 0 spiro atoms. The van der Waals surface area contributed by atoms with Crippen molar-refractivity contribution in [2.24, 2.45) is 0 Å². The van der Waals surface area contributed by atoms with Crippen LogP contribution in [0.3, 0.4) is 0 Å². The number of hydrogen-bond acceptors (Lipinski definition) is 8. The molecule has 1 unspecified atom stereocenters. The predicted molar refractivity (Wildman–Crippen MR) is 104 cm³/mol. The molecule has 0 aliphatic rings. The highest BCUT2D eigenvalue weighted by Crippen LogP contribution is 2.35. The molecule has 0 radical (unpaired) electrons. The summed E-state index contributed by atoms with van der Waals surface area (Å²) in [5, 5.41) is 16.6. The number of thioether (sulfide) groups is 1. The van der Waals surface area contributed by atoms with Crippen molar-refractivity contribution in [3.8, 4) is 22.8 Å². The lowest BCUT2D eigenvalue weighted by Gasteiger charge is -2.11. The smallest absolute Gasteiger partial charge is 0.240 e. The molecule has 0 saturated carbocycles. The molecule has 2 aromatic carbocycles. The van der Waals surface area contributed by atoms with Gasteiger partial charge in [0.1, 0.15) is 11.4 Å². The molecule has 4 aromatic rings. The van der Waals surface area contributed by atoms with Gasteiger partial charge in [-0.3, -0.25) is 0 Å². The van der Waals surface area contributed by atoms with E-state index in [-0.39, 0.29) is 5.25 Å². The van der Waals surface area contributed by atoms with Crippen molar-refractivity contribution in [2.45, 2.75) is 24.3 Å². The Balaban J connectivity index is 1.57. The van der Waals surface area contributed by atoms with Gasteiger partial charge in [-0.1, -0.05) is 59.4 Å². The lowest BCUT2D eigenvalue weighted by Crippen LogP contribution is -2.04. The normalized spacial score (nSPS) is 12.1. The van der Waals surface area contributed by atoms with Crippen molar-refractivity contribution in [3.63, 3.8) is 0 Å². The quantitative estimate of drug-likeness (QED) is 0.435. The molecule has 2 heterocycles. The largest absolute Gasteiger partial charge is 0.492 e. The number of aromatic nitrogens is 6. The molecule has 0 fully saturated rings. The van der Waals surface area contributed by atoms with Crippen molar-refractivity contribution >= 4 is 11.8 Å². The molecule has 0 saturated heterocycles. The number of para-hydroxylation sites is 2. The van der Waals surface area contributed by atoms with Crippen LogP contribution in [-0.4, -0.2) is 37.0 Å². The predicted octanol–water partition coefficient (Wildman–Crippen LogP) is 3.96. The van der Waals surface area contributed by atoms with E-state index in [1.807, 2.05) is 68.4 Å². The minimum Gasteiger partial charge on any atom is -0.492 e. The van der Waals surface area contributed by atoms with Crippen LogP contribution in [0.5, 0.6) is 5.75 Å². The summed E-state index contributed by atoms with van der Waals surface area (Å²) in [7, 11) is 0.